The first-order valence-corrected chi connectivity index (χ1v) is 4.39. The van der Waals surface area contributed by atoms with Gasteiger partial charge < -0.3 is 0 Å². The molecule has 0 bridgehead atoms. The number of hydrogen-bond acceptors (Lipinski definition) is 0. The summed E-state index contributed by atoms with van der Waals surface area (Å²) >= 11 is 11.4. The largest absolute Gasteiger partial charge is 0.126 e. The highest BCUT2D eigenvalue weighted by Crippen LogP contribution is 2.17. The molecule has 0 saturated heterocycles. The summed E-state index contributed by atoms with van der Waals surface area (Å²) in [6, 6.07) is 0. The van der Waals surface area contributed by atoms with Crippen molar-refractivity contribution in [1.29, 1.82) is 0 Å². The van der Waals surface area contributed by atoms with E-state index in [4.69, 9.17) is 29.6 Å². The van der Waals surface area contributed by atoms with Gasteiger partial charge in [-0.25, -0.2) is 0 Å². The van der Waals surface area contributed by atoms with Crippen LogP contribution in [0.2, 0.25) is 0 Å². The molecule has 0 fully saturated rings. The molecule has 0 spiro atoms. The minimum absolute atomic E-state index is 0.197. The molecule has 0 heterocycles. The molecule has 0 nitrogen and oxygen atoms in total. The van der Waals surface area contributed by atoms with Gasteiger partial charge in [0.25, 0.3) is 0 Å². The van der Waals surface area contributed by atoms with Gasteiger partial charge >= 0.3 is 0 Å². The summed E-state index contributed by atoms with van der Waals surface area (Å²) in [4.78, 5) is 0. The average molecular weight is 179 g/mol. The molecular weight excluding hydrogens is 167 g/mol. The molecule has 2 unspecified atom stereocenters. The fourth-order valence-corrected chi connectivity index (χ4v) is 1.45. The summed E-state index contributed by atoms with van der Waals surface area (Å²) in [6.07, 6.45) is 7.24. The van der Waals surface area contributed by atoms with Crippen LogP contribution in [0.5, 0.6) is 0 Å². The van der Waals surface area contributed by atoms with Crippen molar-refractivity contribution in [2.45, 2.75) is 25.1 Å². The average Bonchev–Trinajstić information content (AvgIpc) is 1.99. The maximum atomic E-state index is 5.79. The second-order valence-electron chi connectivity index (χ2n) is 2.27. The second kappa shape index (κ2) is 5.89. The van der Waals surface area contributed by atoms with Crippen molar-refractivity contribution in [2.24, 2.45) is 5.92 Å². The van der Waals surface area contributed by atoms with Crippen LogP contribution in [0.15, 0.2) is 0 Å². The summed E-state index contributed by atoms with van der Waals surface area (Å²) in [5.74, 6) is 3.32. The molecule has 0 aromatic carbocycles. The first-order valence-electron chi connectivity index (χ1n) is 3.42. The lowest BCUT2D eigenvalue weighted by Crippen LogP contribution is -2.14. The third kappa shape index (κ3) is 3.34. The molecule has 0 aliphatic heterocycles. The molecule has 2 heteroatoms. The molecule has 0 aromatic rings. The summed E-state index contributed by atoms with van der Waals surface area (Å²) in [7, 11) is 0. The molecule has 58 valence electrons. The molecule has 0 rings (SSSR count). The van der Waals surface area contributed by atoms with Crippen LogP contribution in [-0.4, -0.2) is 11.3 Å². The highest BCUT2D eigenvalue weighted by molar-refractivity contribution is 6.24. The Kier molecular flexibility index (Phi) is 5.97. The van der Waals surface area contributed by atoms with Crippen molar-refractivity contribution in [3.63, 3.8) is 0 Å². The number of hydrogen-bond donors (Lipinski definition) is 0. The van der Waals surface area contributed by atoms with Gasteiger partial charge in [0.05, 0.1) is 5.38 Å². The van der Waals surface area contributed by atoms with Crippen LogP contribution in [0.25, 0.3) is 0 Å². The van der Waals surface area contributed by atoms with Gasteiger partial charge in [-0.2, -0.15) is 0 Å². The van der Waals surface area contributed by atoms with Crippen LogP contribution in [0.3, 0.4) is 0 Å². The van der Waals surface area contributed by atoms with E-state index in [0.717, 1.165) is 12.8 Å². The molecule has 0 amide bonds. The number of terminal acetylenes is 1. The first-order chi connectivity index (χ1) is 4.76. The zero-order chi connectivity index (χ0) is 7.98. The Morgan fingerprint density at radius 3 is 2.50 bits per heavy atom. The van der Waals surface area contributed by atoms with Crippen LogP contribution in [0.1, 0.15) is 19.8 Å². The third-order valence-electron chi connectivity index (χ3n) is 1.43. The Labute approximate surface area is 72.9 Å². The molecule has 0 aliphatic rings. The molecule has 0 saturated carbocycles. The lowest BCUT2D eigenvalue weighted by Gasteiger charge is -2.13. The Morgan fingerprint density at radius 1 is 1.60 bits per heavy atom. The minimum Gasteiger partial charge on any atom is -0.126 e. The molecule has 2 atom stereocenters. The SMILES string of the molecule is C#CC(Cl)C(CCl)CCC. The fraction of sp³-hybridized carbons (Fsp3) is 0.750. The Hall–Kier alpha value is 0.140. The topological polar surface area (TPSA) is 0 Å². The van der Waals surface area contributed by atoms with Crippen molar-refractivity contribution in [2.75, 3.05) is 5.88 Å². The third-order valence-corrected chi connectivity index (χ3v) is 2.31. The van der Waals surface area contributed by atoms with Crippen molar-refractivity contribution >= 4 is 23.2 Å². The number of alkyl halides is 2. The van der Waals surface area contributed by atoms with Gasteiger partial charge in [-0.05, 0) is 12.3 Å². The standard InChI is InChI=1S/C8H12Cl2/c1-3-5-7(6-9)8(10)4-2/h2,7-8H,3,5-6H2,1H3. The van der Waals surface area contributed by atoms with Crippen molar-refractivity contribution < 1.29 is 0 Å². The Morgan fingerprint density at radius 2 is 2.20 bits per heavy atom. The van der Waals surface area contributed by atoms with Crippen LogP contribution in [-0.2, 0) is 0 Å². The Balaban J connectivity index is 3.71. The van der Waals surface area contributed by atoms with Crippen LogP contribution >= 0.6 is 23.2 Å². The normalized spacial score (nSPS) is 15.8. The second-order valence-corrected chi connectivity index (χ2v) is 3.05. The van der Waals surface area contributed by atoms with E-state index in [9.17, 15) is 0 Å². The molecule has 0 N–H and O–H groups in total. The first kappa shape index (κ1) is 10.1. The quantitative estimate of drug-likeness (QED) is 0.459. The number of halogens is 2. The van der Waals surface area contributed by atoms with Gasteiger partial charge in [0.15, 0.2) is 0 Å². The van der Waals surface area contributed by atoms with E-state index in [1.807, 2.05) is 0 Å². The lowest BCUT2D eigenvalue weighted by molar-refractivity contribution is 0.550. The molecule has 0 radical (unpaired) electrons. The highest BCUT2D eigenvalue weighted by Gasteiger charge is 2.14. The van der Waals surface area contributed by atoms with E-state index >= 15 is 0 Å². The fourth-order valence-electron chi connectivity index (χ4n) is 0.809. The van der Waals surface area contributed by atoms with Gasteiger partial charge in [0.1, 0.15) is 0 Å². The summed E-state index contributed by atoms with van der Waals surface area (Å²) in [5.41, 5.74) is 0. The van der Waals surface area contributed by atoms with E-state index in [-0.39, 0.29) is 11.3 Å². The lowest BCUT2D eigenvalue weighted by atomic mass is 10.0. The summed E-state index contributed by atoms with van der Waals surface area (Å²) < 4.78 is 0. The van der Waals surface area contributed by atoms with E-state index in [2.05, 4.69) is 12.8 Å². The summed E-state index contributed by atoms with van der Waals surface area (Å²) in [6.45, 7) is 2.10. The zero-order valence-corrected chi connectivity index (χ0v) is 7.62. The monoisotopic (exact) mass is 178 g/mol. The van der Waals surface area contributed by atoms with Gasteiger partial charge in [-0.3, -0.25) is 0 Å². The molecule has 0 aromatic heterocycles. The van der Waals surface area contributed by atoms with Crippen molar-refractivity contribution in [3.8, 4) is 12.3 Å². The number of rotatable bonds is 4. The Bertz CT molecular complexity index is 115. The highest BCUT2D eigenvalue weighted by atomic mass is 35.5. The van der Waals surface area contributed by atoms with Crippen molar-refractivity contribution in [1.82, 2.24) is 0 Å². The van der Waals surface area contributed by atoms with Crippen LogP contribution in [0.4, 0.5) is 0 Å². The van der Waals surface area contributed by atoms with Gasteiger partial charge in [0.2, 0.25) is 0 Å². The van der Waals surface area contributed by atoms with Gasteiger partial charge in [-0.15, -0.1) is 29.6 Å². The predicted molar refractivity (Wildman–Crippen MR) is 47.6 cm³/mol. The maximum Gasteiger partial charge on any atom is 0.0979 e. The summed E-state index contributed by atoms with van der Waals surface area (Å²) in [5, 5.41) is -0.197. The van der Waals surface area contributed by atoms with E-state index in [1.165, 1.54) is 0 Å². The minimum atomic E-state index is -0.197. The van der Waals surface area contributed by atoms with E-state index in [0.29, 0.717) is 5.88 Å². The zero-order valence-electron chi connectivity index (χ0n) is 6.11. The van der Waals surface area contributed by atoms with E-state index in [1.54, 1.807) is 0 Å². The smallest absolute Gasteiger partial charge is 0.0979 e. The molecular formula is C8H12Cl2. The van der Waals surface area contributed by atoms with Gasteiger partial charge in [0, 0.05) is 5.88 Å². The predicted octanol–water partition coefficient (Wildman–Crippen LogP) is 2.88. The van der Waals surface area contributed by atoms with Gasteiger partial charge in [-0.1, -0.05) is 19.3 Å². The van der Waals surface area contributed by atoms with Crippen molar-refractivity contribution in [3.05, 3.63) is 0 Å². The molecule has 10 heavy (non-hydrogen) atoms. The maximum absolute atomic E-state index is 5.79. The molecule has 0 aliphatic carbocycles. The van der Waals surface area contributed by atoms with Crippen LogP contribution < -0.4 is 0 Å². The van der Waals surface area contributed by atoms with Crippen LogP contribution in [0, 0.1) is 18.3 Å². The van der Waals surface area contributed by atoms with E-state index < -0.39 is 0 Å².